The second-order valence-corrected chi connectivity index (χ2v) is 3.89. The van der Waals surface area contributed by atoms with E-state index >= 15 is 0 Å². The van der Waals surface area contributed by atoms with E-state index in [9.17, 15) is 0 Å². The SMILES string of the molecule is CC(C)CC(C)n1cccc1C#N. The molecule has 0 bridgehead atoms. The zero-order chi connectivity index (χ0) is 9.84. The first-order valence-electron chi connectivity index (χ1n) is 4.72. The molecule has 2 nitrogen and oxygen atoms in total. The Labute approximate surface area is 79.8 Å². The molecule has 1 unspecified atom stereocenters. The van der Waals surface area contributed by atoms with Gasteiger partial charge in [0.2, 0.25) is 0 Å². The summed E-state index contributed by atoms with van der Waals surface area (Å²) in [6.45, 7) is 6.55. The summed E-state index contributed by atoms with van der Waals surface area (Å²) in [5, 5.41) is 8.82. The molecule has 13 heavy (non-hydrogen) atoms. The van der Waals surface area contributed by atoms with Crippen LogP contribution in [0.2, 0.25) is 0 Å². The van der Waals surface area contributed by atoms with Crippen molar-refractivity contribution in [1.82, 2.24) is 4.57 Å². The maximum absolute atomic E-state index is 8.82. The average Bonchev–Trinajstić information content (AvgIpc) is 2.49. The Kier molecular flexibility index (Phi) is 3.13. The molecule has 1 rings (SSSR count). The second kappa shape index (κ2) is 4.13. The number of hydrogen-bond donors (Lipinski definition) is 0. The van der Waals surface area contributed by atoms with E-state index in [4.69, 9.17) is 5.26 Å². The Morgan fingerprint density at radius 3 is 2.69 bits per heavy atom. The minimum atomic E-state index is 0.421. The summed E-state index contributed by atoms with van der Waals surface area (Å²) in [5.74, 6) is 0.670. The molecule has 1 aromatic heterocycles. The molecule has 0 fully saturated rings. The van der Waals surface area contributed by atoms with Crippen molar-refractivity contribution >= 4 is 0 Å². The van der Waals surface area contributed by atoms with Gasteiger partial charge in [0, 0.05) is 12.2 Å². The zero-order valence-electron chi connectivity index (χ0n) is 8.49. The molecule has 2 heteroatoms. The maximum atomic E-state index is 8.82. The quantitative estimate of drug-likeness (QED) is 0.696. The Morgan fingerprint density at radius 2 is 2.15 bits per heavy atom. The maximum Gasteiger partial charge on any atom is 0.120 e. The third-order valence-corrected chi connectivity index (χ3v) is 2.18. The van der Waals surface area contributed by atoms with Gasteiger partial charge in [0.1, 0.15) is 11.8 Å². The number of nitrogens with zero attached hydrogens (tertiary/aromatic N) is 2. The number of nitriles is 1. The van der Waals surface area contributed by atoms with Crippen LogP contribution in [0.1, 0.15) is 38.9 Å². The highest BCUT2D eigenvalue weighted by Gasteiger charge is 2.09. The van der Waals surface area contributed by atoms with Crippen molar-refractivity contribution in [3.8, 4) is 6.07 Å². The molecule has 0 aliphatic heterocycles. The van der Waals surface area contributed by atoms with Crippen LogP contribution < -0.4 is 0 Å². The van der Waals surface area contributed by atoms with Gasteiger partial charge in [-0.15, -0.1) is 0 Å². The average molecular weight is 176 g/mol. The molecule has 0 aliphatic rings. The van der Waals surface area contributed by atoms with E-state index in [1.807, 2.05) is 22.9 Å². The van der Waals surface area contributed by atoms with E-state index in [-0.39, 0.29) is 0 Å². The molecule has 0 N–H and O–H groups in total. The van der Waals surface area contributed by atoms with Crippen molar-refractivity contribution in [1.29, 1.82) is 5.26 Å². The van der Waals surface area contributed by atoms with Gasteiger partial charge in [0.15, 0.2) is 0 Å². The molecular weight excluding hydrogens is 160 g/mol. The van der Waals surface area contributed by atoms with Crippen LogP contribution in [-0.4, -0.2) is 4.57 Å². The summed E-state index contributed by atoms with van der Waals surface area (Å²) in [6.07, 6.45) is 3.09. The van der Waals surface area contributed by atoms with Gasteiger partial charge in [-0.25, -0.2) is 0 Å². The summed E-state index contributed by atoms with van der Waals surface area (Å²) in [4.78, 5) is 0. The Bertz CT molecular complexity index is 304. The van der Waals surface area contributed by atoms with Crippen LogP contribution in [0.5, 0.6) is 0 Å². The second-order valence-electron chi connectivity index (χ2n) is 3.89. The van der Waals surface area contributed by atoms with Crippen molar-refractivity contribution < 1.29 is 0 Å². The van der Waals surface area contributed by atoms with Crippen molar-refractivity contribution in [2.45, 2.75) is 33.2 Å². The summed E-state index contributed by atoms with van der Waals surface area (Å²) < 4.78 is 2.04. The highest BCUT2D eigenvalue weighted by atomic mass is 15.0. The summed E-state index contributed by atoms with van der Waals surface area (Å²) in [5.41, 5.74) is 0.758. The number of rotatable bonds is 3. The van der Waals surface area contributed by atoms with Gasteiger partial charge in [-0.2, -0.15) is 5.26 Å². The molecular formula is C11H16N2. The molecule has 0 amide bonds. The molecule has 0 spiro atoms. The molecule has 1 heterocycles. The smallest absolute Gasteiger partial charge is 0.120 e. The number of aromatic nitrogens is 1. The van der Waals surface area contributed by atoms with Crippen molar-refractivity contribution in [2.75, 3.05) is 0 Å². The molecule has 0 radical (unpaired) electrons. The Hall–Kier alpha value is -1.23. The third kappa shape index (κ3) is 2.35. The largest absolute Gasteiger partial charge is 0.337 e. The third-order valence-electron chi connectivity index (χ3n) is 2.18. The zero-order valence-corrected chi connectivity index (χ0v) is 8.49. The van der Waals surface area contributed by atoms with E-state index in [1.54, 1.807) is 0 Å². The molecule has 0 saturated carbocycles. The van der Waals surface area contributed by atoms with Crippen LogP contribution in [0.25, 0.3) is 0 Å². The van der Waals surface area contributed by atoms with Gasteiger partial charge >= 0.3 is 0 Å². The Morgan fingerprint density at radius 1 is 1.46 bits per heavy atom. The van der Waals surface area contributed by atoms with Crippen molar-refractivity contribution in [3.63, 3.8) is 0 Å². The van der Waals surface area contributed by atoms with Crippen LogP contribution in [0.4, 0.5) is 0 Å². The normalized spacial score (nSPS) is 12.8. The summed E-state index contributed by atoms with van der Waals surface area (Å²) in [7, 11) is 0. The van der Waals surface area contributed by atoms with Crippen LogP contribution in [-0.2, 0) is 0 Å². The monoisotopic (exact) mass is 176 g/mol. The van der Waals surface area contributed by atoms with Crippen molar-refractivity contribution in [3.05, 3.63) is 24.0 Å². The minimum Gasteiger partial charge on any atom is -0.337 e. The van der Waals surface area contributed by atoms with E-state index in [0.29, 0.717) is 12.0 Å². The van der Waals surface area contributed by atoms with E-state index in [1.165, 1.54) is 0 Å². The van der Waals surface area contributed by atoms with E-state index in [0.717, 1.165) is 12.1 Å². The first-order chi connectivity index (χ1) is 6.15. The molecule has 70 valence electrons. The first-order valence-corrected chi connectivity index (χ1v) is 4.72. The molecule has 1 aromatic rings. The molecule has 0 aromatic carbocycles. The highest BCUT2D eigenvalue weighted by molar-refractivity contribution is 5.22. The molecule has 0 aliphatic carbocycles. The lowest BCUT2D eigenvalue weighted by Crippen LogP contribution is -2.08. The van der Waals surface area contributed by atoms with E-state index in [2.05, 4.69) is 26.8 Å². The van der Waals surface area contributed by atoms with Crippen LogP contribution >= 0.6 is 0 Å². The van der Waals surface area contributed by atoms with Crippen LogP contribution in [0.3, 0.4) is 0 Å². The van der Waals surface area contributed by atoms with Crippen molar-refractivity contribution in [2.24, 2.45) is 5.92 Å². The van der Waals surface area contributed by atoms with Gasteiger partial charge in [0.25, 0.3) is 0 Å². The summed E-state index contributed by atoms with van der Waals surface area (Å²) in [6, 6.07) is 6.40. The van der Waals surface area contributed by atoms with Crippen LogP contribution in [0, 0.1) is 17.2 Å². The standard InChI is InChI=1S/C11H16N2/c1-9(2)7-10(3)13-6-4-5-11(13)8-12/h4-6,9-10H,7H2,1-3H3. The van der Waals surface area contributed by atoms with Gasteiger partial charge in [0.05, 0.1) is 0 Å². The minimum absolute atomic E-state index is 0.421. The topological polar surface area (TPSA) is 28.7 Å². The van der Waals surface area contributed by atoms with Gasteiger partial charge in [-0.1, -0.05) is 13.8 Å². The fourth-order valence-corrected chi connectivity index (χ4v) is 1.67. The lowest BCUT2D eigenvalue weighted by atomic mass is 10.1. The lowest BCUT2D eigenvalue weighted by molar-refractivity contribution is 0.427. The summed E-state index contributed by atoms with van der Waals surface area (Å²) >= 11 is 0. The van der Waals surface area contributed by atoms with Gasteiger partial charge in [-0.3, -0.25) is 0 Å². The predicted molar refractivity (Wildman–Crippen MR) is 53.3 cm³/mol. The molecule has 1 atom stereocenters. The fraction of sp³-hybridized carbons (Fsp3) is 0.545. The highest BCUT2D eigenvalue weighted by Crippen LogP contribution is 2.18. The Balaban J connectivity index is 2.77. The number of hydrogen-bond acceptors (Lipinski definition) is 1. The van der Waals surface area contributed by atoms with Crippen LogP contribution in [0.15, 0.2) is 18.3 Å². The first kappa shape index (κ1) is 9.85. The van der Waals surface area contributed by atoms with E-state index < -0.39 is 0 Å². The predicted octanol–water partition coefficient (Wildman–Crippen LogP) is 2.97. The van der Waals surface area contributed by atoms with Gasteiger partial charge in [-0.05, 0) is 31.4 Å². The van der Waals surface area contributed by atoms with Gasteiger partial charge < -0.3 is 4.57 Å². The molecule has 0 saturated heterocycles. The lowest BCUT2D eigenvalue weighted by Gasteiger charge is -2.16. The fourth-order valence-electron chi connectivity index (χ4n) is 1.67.